The zero-order chi connectivity index (χ0) is 19.8. The second-order valence-electron chi connectivity index (χ2n) is 5.20. The van der Waals surface area contributed by atoms with Crippen molar-refractivity contribution in [2.24, 2.45) is 0 Å². The minimum absolute atomic E-state index is 0.0141. The third-order valence-corrected chi connectivity index (χ3v) is 3.18. The lowest BCUT2D eigenvalue weighted by molar-refractivity contribution is -0.136. The quantitative estimate of drug-likeness (QED) is 0.437. The van der Waals surface area contributed by atoms with Crippen LogP contribution in [0.15, 0.2) is 60.6 Å². The highest BCUT2D eigenvalue weighted by molar-refractivity contribution is 5.82. The SMILES string of the molecule is C=C/C(OC(C)=O)=C(\C(=C/C)OC(C)=O)c1nnc(-c2ccccc2)nn1. The maximum absolute atomic E-state index is 11.4. The van der Waals surface area contributed by atoms with Crippen LogP contribution in [-0.4, -0.2) is 32.3 Å². The summed E-state index contributed by atoms with van der Waals surface area (Å²) in [6.45, 7) is 7.75. The Bertz CT molecular complexity index is 903. The number of ether oxygens (including phenoxy) is 2. The fraction of sp³-hybridized carbons (Fsp3) is 0.158. The van der Waals surface area contributed by atoms with Gasteiger partial charge in [-0.05, 0) is 19.1 Å². The first-order valence-electron chi connectivity index (χ1n) is 7.99. The number of carbonyl (C=O) groups excluding carboxylic acids is 2. The van der Waals surface area contributed by atoms with Gasteiger partial charge in [0.25, 0.3) is 0 Å². The smallest absolute Gasteiger partial charge is 0.308 e. The monoisotopic (exact) mass is 366 g/mol. The normalized spacial score (nSPS) is 12.0. The predicted octanol–water partition coefficient (Wildman–Crippen LogP) is 2.86. The molecular formula is C19H18N4O4. The maximum Gasteiger partial charge on any atom is 0.308 e. The maximum atomic E-state index is 11.4. The summed E-state index contributed by atoms with van der Waals surface area (Å²) in [6.07, 6.45) is 2.80. The van der Waals surface area contributed by atoms with Gasteiger partial charge in [0.15, 0.2) is 0 Å². The van der Waals surface area contributed by atoms with Crippen LogP contribution in [0.25, 0.3) is 17.0 Å². The van der Waals surface area contributed by atoms with E-state index in [1.165, 1.54) is 26.0 Å². The molecule has 0 unspecified atom stereocenters. The first-order chi connectivity index (χ1) is 13.0. The van der Waals surface area contributed by atoms with E-state index in [1.807, 2.05) is 30.3 Å². The Balaban J connectivity index is 2.56. The van der Waals surface area contributed by atoms with Crippen LogP contribution in [0.1, 0.15) is 26.6 Å². The zero-order valence-corrected chi connectivity index (χ0v) is 15.2. The number of esters is 2. The molecule has 0 amide bonds. The summed E-state index contributed by atoms with van der Waals surface area (Å²) in [4.78, 5) is 22.8. The van der Waals surface area contributed by atoms with E-state index in [0.717, 1.165) is 5.56 Å². The van der Waals surface area contributed by atoms with Gasteiger partial charge in [-0.25, -0.2) is 0 Å². The van der Waals surface area contributed by atoms with Crippen molar-refractivity contribution in [3.05, 3.63) is 66.4 Å². The fourth-order valence-electron chi connectivity index (χ4n) is 2.13. The number of rotatable bonds is 6. The topological polar surface area (TPSA) is 104 Å². The Hall–Kier alpha value is -3.68. The van der Waals surface area contributed by atoms with Crippen LogP contribution in [0, 0.1) is 0 Å². The van der Waals surface area contributed by atoms with E-state index in [4.69, 9.17) is 9.47 Å². The van der Waals surface area contributed by atoms with E-state index in [2.05, 4.69) is 27.0 Å². The van der Waals surface area contributed by atoms with Gasteiger partial charge < -0.3 is 9.47 Å². The van der Waals surface area contributed by atoms with Gasteiger partial charge in [-0.2, -0.15) is 0 Å². The number of hydrogen-bond donors (Lipinski definition) is 0. The molecule has 0 saturated carbocycles. The number of hydrogen-bond acceptors (Lipinski definition) is 8. The summed E-state index contributed by atoms with van der Waals surface area (Å²) < 4.78 is 10.3. The number of carbonyl (C=O) groups is 2. The van der Waals surface area contributed by atoms with Crippen LogP contribution in [0.2, 0.25) is 0 Å². The van der Waals surface area contributed by atoms with Crippen molar-refractivity contribution in [2.45, 2.75) is 20.8 Å². The second-order valence-corrected chi connectivity index (χ2v) is 5.20. The fourth-order valence-corrected chi connectivity index (χ4v) is 2.13. The number of allylic oxidation sites excluding steroid dienone is 3. The summed E-state index contributed by atoms with van der Waals surface area (Å²) in [5, 5.41) is 16.2. The molecule has 0 atom stereocenters. The molecule has 0 aliphatic heterocycles. The molecule has 1 heterocycles. The third-order valence-electron chi connectivity index (χ3n) is 3.18. The van der Waals surface area contributed by atoms with Crippen molar-refractivity contribution in [1.82, 2.24) is 20.4 Å². The van der Waals surface area contributed by atoms with Crippen LogP contribution in [0.4, 0.5) is 0 Å². The summed E-state index contributed by atoms with van der Waals surface area (Å²) in [5.41, 5.74) is 0.877. The first-order valence-corrected chi connectivity index (χ1v) is 7.99. The van der Waals surface area contributed by atoms with Crippen LogP contribution < -0.4 is 0 Å². The van der Waals surface area contributed by atoms with Crippen molar-refractivity contribution < 1.29 is 19.1 Å². The Morgan fingerprint density at radius 1 is 0.963 bits per heavy atom. The lowest BCUT2D eigenvalue weighted by atomic mass is 10.1. The molecule has 0 fully saturated rings. The summed E-state index contributed by atoms with van der Waals surface area (Å²) >= 11 is 0. The molecule has 8 heteroatoms. The van der Waals surface area contributed by atoms with Crippen LogP contribution in [0.5, 0.6) is 0 Å². The summed E-state index contributed by atoms with van der Waals surface area (Å²) in [5.74, 6) is -0.695. The molecule has 0 N–H and O–H groups in total. The average Bonchev–Trinajstić information content (AvgIpc) is 2.67. The van der Waals surface area contributed by atoms with Crippen molar-refractivity contribution in [1.29, 1.82) is 0 Å². The van der Waals surface area contributed by atoms with E-state index in [-0.39, 0.29) is 22.9 Å². The molecule has 1 aromatic carbocycles. The van der Waals surface area contributed by atoms with Gasteiger partial charge >= 0.3 is 11.9 Å². The lowest BCUT2D eigenvalue weighted by Gasteiger charge is -2.13. The van der Waals surface area contributed by atoms with Gasteiger partial charge in [-0.1, -0.05) is 36.9 Å². The van der Waals surface area contributed by atoms with E-state index in [0.29, 0.717) is 5.82 Å². The van der Waals surface area contributed by atoms with Gasteiger partial charge in [-0.3, -0.25) is 9.59 Å². The van der Waals surface area contributed by atoms with Gasteiger partial charge in [0, 0.05) is 19.4 Å². The van der Waals surface area contributed by atoms with E-state index < -0.39 is 11.9 Å². The molecule has 0 saturated heterocycles. The number of benzene rings is 1. The molecule has 1 aromatic heterocycles. The summed E-state index contributed by atoms with van der Waals surface area (Å²) in [7, 11) is 0. The highest BCUT2D eigenvalue weighted by Gasteiger charge is 2.22. The summed E-state index contributed by atoms with van der Waals surface area (Å²) in [6, 6.07) is 9.19. The van der Waals surface area contributed by atoms with Gasteiger partial charge in [0.05, 0.1) is 0 Å². The lowest BCUT2D eigenvalue weighted by Crippen LogP contribution is -2.11. The predicted molar refractivity (Wildman–Crippen MR) is 97.5 cm³/mol. The Kier molecular flexibility index (Phi) is 6.65. The standard InChI is InChI=1S/C19H18N4O4/c1-5-15(26-12(3)24)17(16(6-2)27-13(4)25)19-22-20-18(21-23-19)14-10-8-7-9-11-14/h5-11H,1H2,2-4H3/b16-6+,17-15-. The van der Waals surface area contributed by atoms with E-state index >= 15 is 0 Å². The van der Waals surface area contributed by atoms with Crippen molar-refractivity contribution in [3.8, 4) is 11.4 Å². The molecule has 0 spiro atoms. The largest absolute Gasteiger partial charge is 0.426 e. The van der Waals surface area contributed by atoms with Gasteiger partial charge in [0.1, 0.15) is 17.1 Å². The van der Waals surface area contributed by atoms with Crippen molar-refractivity contribution in [2.75, 3.05) is 0 Å². The molecule has 8 nitrogen and oxygen atoms in total. The van der Waals surface area contributed by atoms with Crippen LogP contribution in [0.3, 0.4) is 0 Å². The molecule has 0 aliphatic carbocycles. The minimum Gasteiger partial charge on any atom is -0.426 e. The number of aromatic nitrogens is 4. The molecule has 138 valence electrons. The molecule has 27 heavy (non-hydrogen) atoms. The van der Waals surface area contributed by atoms with E-state index in [9.17, 15) is 9.59 Å². The van der Waals surface area contributed by atoms with Gasteiger partial charge in [0.2, 0.25) is 11.6 Å². The Morgan fingerprint density at radius 2 is 1.56 bits per heavy atom. The van der Waals surface area contributed by atoms with Crippen LogP contribution >= 0.6 is 0 Å². The van der Waals surface area contributed by atoms with Crippen molar-refractivity contribution >= 4 is 17.5 Å². The number of nitrogens with zero attached hydrogens (tertiary/aromatic N) is 4. The Labute approximate surface area is 156 Å². The minimum atomic E-state index is -0.581. The van der Waals surface area contributed by atoms with Crippen LogP contribution in [-0.2, 0) is 19.1 Å². The molecule has 0 bridgehead atoms. The first kappa shape index (κ1) is 19.6. The van der Waals surface area contributed by atoms with Crippen molar-refractivity contribution in [3.63, 3.8) is 0 Å². The van der Waals surface area contributed by atoms with E-state index in [1.54, 1.807) is 6.92 Å². The molecule has 2 aromatic rings. The van der Waals surface area contributed by atoms with Gasteiger partial charge in [-0.15, -0.1) is 20.4 Å². The average molecular weight is 366 g/mol. The third kappa shape index (κ3) is 5.15. The highest BCUT2D eigenvalue weighted by atomic mass is 16.5. The molecular weight excluding hydrogens is 348 g/mol. The zero-order valence-electron chi connectivity index (χ0n) is 15.2. The molecule has 0 aliphatic rings. The highest BCUT2D eigenvalue weighted by Crippen LogP contribution is 2.27. The molecule has 0 radical (unpaired) electrons. The Morgan fingerprint density at radius 3 is 2.04 bits per heavy atom. The molecule has 2 rings (SSSR count). The second kappa shape index (κ2) is 9.14.